The molecule has 3 aromatic rings. The Bertz CT molecular complexity index is 1030. The Kier molecular flexibility index (Phi) is 4.83. The predicted octanol–water partition coefficient (Wildman–Crippen LogP) is 3.31. The van der Waals surface area contributed by atoms with E-state index in [1.54, 1.807) is 43.1 Å². The van der Waals surface area contributed by atoms with Crippen molar-refractivity contribution >= 4 is 5.91 Å². The van der Waals surface area contributed by atoms with Crippen molar-refractivity contribution in [3.05, 3.63) is 77.1 Å². The number of aryl methyl sites for hydroxylation is 1. The molecule has 6 nitrogen and oxygen atoms in total. The van der Waals surface area contributed by atoms with Crippen molar-refractivity contribution in [3.63, 3.8) is 0 Å². The quantitative estimate of drug-likeness (QED) is 0.537. The van der Waals surface area contributed by atoms with Gasteiger partial charge in [-0.15, -0.1) is 0 Å². The van der Waals surface area contributed by atoms with Gasteiger partial charge in [0.25, 0.3) is 5.91 Å². The topological polar surface area (TPSA) is 88.0 Å². The molecule has 0 spiro atoms. The number of pyridine rings is 1. The lowest BCUT2D eigenvalue weighted by Crippen LogP contribution is -2.30. The number of nitrogens with one attached hydrogen (secondary N) is 1. The second kappa shape index (κ2) is 7.44. The first-order chi connectivity index (χ1) is 13.6. The summed E-state index contributed by atoms with van der Waals surface area (Å²) in [7, 11) is 0. The van der Waals surface area contributed by atoms with Gasteiger partial charge < -0.3 is 0 Å². The third kappa shape index (κ3) is 3.14. The number of hydrogen-bond donors (Lipinski definition) is 2. The van der Waals surface area contributed by atoms with E-state index in [0.717, 1.165) is 16.8 Å². The molecule has 1 aliphatic carbocycles. The zero-order valence-corrected chi connectivity index (χ0v) is 15.3. The Morgan fingerprint density at radius 3 is 2.89 bits per heavy atom. The SMILES string of the molecule is Cc1c(F)cccc1C(C(=O)NO)C1CCc2nc(-c3cccnc3)ncc21. The van der Waals surface area contributed by atoms with Gasteiger partial charge in [-0.25, -0.2) is 19.8 Å². The fraction of sp³-hybridized carbons (Fsp3) is 0.238. The van der Waals surface area contributed by atoms with Crippen LogP contribution < -0.4 is 5.48 Å². The Labute approximate surface area is 161 Å². The van der Waals surface area contributed by atoms with Gasteiger partial charge in [0.1, 0.15) is 5.82 Å². The van der Waals surface area contributed by atoms with E-state index in [1.807, 2.05) is 12.1 Å². The second-order valence-corrected chi connectivity index (χ2v) is 6.89. The molecule has 0 saturated carbocycles. The van der Waals surface area contributed by atoms with Crippen LogP contribution in [0.5, 0.6) is 0 Å². The van der Waals surface area contributed by atoms with Crippen LogP contribution in [0.4, 0.5) is 4.39 Å². The van der Waals surface area contributed by atoms with E-state index in [9.17, 15) is 14.4 Å². The molecule has 0 fully saturated rings. The van der Waals surface area contributed by atoms with Crippen molar-refractivity contribution < 1.29 is 14.4 Å². The van der Waals surface area contributed by atoms with E-state index >= 15 is 0 Å². The predicted molar refractivity (Wildman–Crippen MR) is 100 cm³/mol. The van der Waals surface area contributed by atoms with Gasteiger partial charge in [0.15, 0.2) is 5.82 Å². The van der Waals surface area contributed by atoms with Crippen LogP contribution in [-0.2, 0) is 11.2 Å². The van der Waals surface area contributed by atoms with Gasteiger partial charge in [-0.3, -0.25) is 15.0 Å². The summed E-state index contributed by atoms with van der Waals surface area (Å²) < 4.78 is 14.1. The summed E-state index contributed by atoms with van der Waals surface area (Å²) in [6, 6.07) is 8.37. The molecule has 2 heterocycles. The Morgan fingerprint density at radius 2 is 2.14 bits per heavy atom. The van der Waals surface area contributed by atoms with E-state index in [1.165, 1.54) is 6.07 Å². The van der Waals surface area contributed by atoms with Gasteiger partial charge in [-0.1, -0.05) is 12.1 Å². The van der Waals surface area contributed by atoms with E-state index in [0.29, 0.717) is 29.8 Å². The molecule has 2 atom stereocenters. The molecule has 2 unspecified atom stereocenters. The van der Waals surface area contributed by atoms with Crippen LogP contribution in [0.1, 0.15) is 40.6 Å². The molecular weight excluding hydrogens is 359 g/mol. The standard InChI is InChI=1S/C21H19FN4O2/c1-12-14(5-2-6-17(12)22)19(21(27)26-28)15-7-8-18-16(15)11-24-20(25-18)13-4-3-9-23-10-13/h2-6,9-11,15,19,28H,7-8H2,1H3,(H,26,27). The molecule has 0 radical (unpaired) electrons. The minimum atomic E-state index is -0.727. The lowest BCUT2D eigenvalue weighted by molar-refractivity contribution is -0.131. The van der Waals surface area contributed by atoms with Gasteiger partial charge in [0.05, 0.1) is 5.92 Å². The molecule has 2 aromatic heterocycles. The molecule has 7 heteroatoms. The fourth-order valence-corrected chi connectivity index (χ4v) is 3.94. The van der Waals surface area contributed by atoms with Crippen LogP contribution in [0.2, 0.25) is 0 Å². The van der Waals surface area contributed by atoms with Crippen molar-refractivity contribution in [1.82, 2.24) is 20.4 Å². The first-order valence-corrected chi connectivity index (χ1v) is 9.05. The highest BCUT2D eigenvalue weighted by Crippen LogP contribution is 2.43. The number of carbonyl (C=O) groups excluding carboxylic acids is 1. The maximum absolute atomic E-state index is 14.1. The lowest BCUT2D eigenvalue weighted by Gasteiger charge is -2.24. The number of halogens is 1. The zero-order chi connectivity index (χ0) is 19.7. The van der Waals surface area contributed by atoms with Crippen molar-refractivity contribution in [2.24, 2.45) is 0 Å². The van der Waals surface area contributed by atoms with Crippen LogP contribution in [0.3, 0.4) is 0 Å². The first kappa shape index (κ1) is 18.2. The summed E-state index contributed by atoms with van der Waals surface area (Å²) >= 11 is 0. The van der Waals surface area contributed by atoms with Gasteiger partial charge in [-0.05, 0) is 54.7 Å². The molecule has 0 saturated heterocycles. The minimum Gasteiger partial charge on any atom is -0.289 e. The summed E-state index contributed by atoms with van der Waals surface area (Å²) in [5.74, 6) is -1.34. The number of benzene rings is 1. The lowest BCUT2D eigenvalue weighted by atomic mass is 9.80. The summed E-state index contributed by atoms with van der Waals surface area (Å²) in [4.78, 5) is 25.7. The van der Waals surface area contributed by atoms with Crippen molar-refractivity contribution in [1.29, 1.82) is 0 Å². The van der Waals surface area contributed by atoms with Gasteiger partial charge in [-0.2, -0.15) is 0 Å². The fourth-order valence-electron chi connectivity index (χ4n) is 3.94. The molecule has 142 valence electrons. The molecule has 2 N–H and O–H groups in total. The Hall–Kier alpha value is -3.19. The summed E-state index contributed by atoms with van der Waals surface area (Å²) in [5.41, 5.74) is 5.24. The van der Waals surface area contributed by atoms with Gasteiger partial charge in [0.2, 0.25) is 0 Å². The average Bonchev–Trinajstić information content (AvgIpc) is 3.14. The maximum atomic E-state index is 14.1. The normalized spacial score (nSPS) is 16.5. The minimum absolute atomic E-state index is 0.245. The average molecular weight is 378 g/mol. The monoisotopic (exact) mass is 378 g/mol. The Morgan fingerprint density at radius 1 is 1.29 bits per heavy atom. The molecule has 0 aliphatic heterocycles. The smallest absolute Gasteiger partial charge is 0.251 e. The Balaban J connectivity index is 1.75. The van der Waals surface area contributed by atoms with E-state index in [2.05, 4.69) is 15.0 Å². The number of fused-ring (bicyclic) bond motifs is 1. The third-order valence-electron chi connectivity index (χ3n) is 5.35. The highest BCUT2D eigenvalue weighted by Gasteiger charge is 2.37. The third-order valence-corrected chi connectivity index (χ3v) is 5.35. The van der Waals surface area contributed by atoms with E-state index in [4.69, 9.17) is 0 Å². The summed E-state index contributed by atoms with van der Waals surface area (Å²) in [6.07, 6.45) is 6.46. The van der Waals surface area contributed by atoms with Crippen molar-refractivity contribution in [3.8, 4) is 11.4 Å². The second-order valence-electron chi connectivity index (χ2n) is 6.89. The highest BCUT2D eigenvalue weighted by atomic mass is 19.1. The molecule has 1 aromatic carbocycles. The van der Waals surface area contributed by atoms with Crippen molar-refractivity contribution in [2.45, 2.75) is 31.6 Å². The van der Waals surface area contributed by atoms with Crippen LogP contribution in [0.25, 0.3) is 11.4 Å². The summed E-state index contributed by atoms with van der Waals surface area (Å²) in [6.45, 7) is 1.64. The van der Waals surface area contributed by atoms with Crippen LogP contribution in [0, 0.1) is 12.7 Å². The molecule has 1 aliphatic rings. The number of hydroxylamine groups is 1. The number of aromatic nitrogens is 3. The largest absolute Gasteiger partial charge is 0.289 e. The molecule has 1 amide bonds. The number of carbonyl (C=O) groups is 1. The van der Waals surface area contributed by atoms with Crippen LogP contribution in [0.15, 0.2) is 48.9 Å². The van der Waals surface area contributed by atoms with E-state index in [-0.39, 0.29) is 11.7 Å². The van der Waals surface area contributed by atoms with Gasteiger partial charge >= 0.3 is 0 Å². The molecule has 28 heavy (non-hydrogen) atoms. The van der Waals surface area contributed by atoms with Gasteiger partial charge in [0, 0.05) is 35.8 Å². The number of amides is 1. The van der Waals surface area contributed by atoms with E-state index < -0.39 is 11.8 Å². The zero-order valence-electron chi connectivity index (χ0n) is 15.3. The first-order valence-electron chi connectivity index (χ1n) is 9.05. The molecular formula is C21H19FN4O2. The number of hydrogen-bond acceptors (Lipinski definition) is 5. The molecule has 4 rings (SSSR count). The van der Waals surface area contributed by atoms with Crippen molar-refractivity contribution in [2.75, 3.05) is 0 Å². The summed E-state index contributed by atoms with van der Waals surface area (Å²) in [5, 5.41) is 9.30. The maximum Gasteiger partial charge on any atom is 0.251 e. The molecule has 0 bridgehead atoms. The number of rotatable bonds is 4. The van der Waals surface area contributed by atoms with Crippen LogP contribution >= 0.6 is 0 Å². The highest BCUT2D eigenvalue weighted by molar-refractivity contribution is 5.84. The number of nitrogens with zero attached hydrogens (tertiary/aromatic N) is 3. The van der Waals surface area contributed by atoms with Crippen LogP contribution in [-0.4, -0.2) is 26.1 Å².